The molecule has 1 fully saturated rings. The molecule has 146 valence electrons. The Hall–Kier alpha value is -2.01. The van der Waals surface area contributed by atoms with Gasteiger partial charge in [-0.15, -0.1) is 22.7 Å². The number of carbonyl (C=O) groups excluding carboxylic acids is 1. The van der Waals surface area contributed by atoms with Crippen LogP contribution in [0.3, 0.4) is 0 Å². The number of thiazole rings is 2. The Kier molecular flexibility index (Phi) is 6.10. The molecule has 1 aliphatic rings. The molecular weight excluding hydrogens is 401 g/mol. The molecule has 1 saturated carbocycles. The molecule has 0 atom stereocenters. The maximum Gasteiger partial charge on any atom is 0.432 e. The number of unbranched alkanes of at least 4 members (excludes halogenated alkanes) is 1. The Morgan fingerprint density at radius 2 is 2.11 bits per heavy atom. The van der Waals surface area contributed by atoms with Gasteiger partial charge in [0, 0.05) is 23.0 Å². The molecule has 6 nitrogen and oxygen atoms in total. The first-order valence-corrected chi connectivity index (χ1v) is 10.1. The highest BCUT2D eigenvalue weighted by Crippen LogP contribution is 2.46. The van der Waals surface area contributed by atoms with Crippen LogP contribution < -0.4 is 5.32 Å². The van der Waals surface area contributed by atoms with E-state index in [-0.39, 0.29) is 18.9 Å². The Morgan fingerprint density at radius 1 is 1.33 bits per heavy atom. The molecule has 0 radical (unpaired) electrons. The van der Waals surface area contributed by atoms with Crippen molar-refractivity contribution in [2.24, 2.45) is 5.16 Å². The average Bonchev–Trinajstić information content (AvgIpc) is 3.14. The lowest BCUT2D eigenvalue weighted by Crippen LogP contribution is -2.26. The number of nitrogens with zero attached hydrogens (tertiary/aromatic N) is 3. The van der Waals surface area contributed by atoms with Gasteiger partial charge in [-0.2, -0.15) is 13.2 Å². The van der Waals surface area contributed by atoms with Gasteiger partial charge >= 0.3 is 6.18 Å². The standard InChI is InChI=1S/C16H17F3N4O2S2/c17-16(18,19)10(23-25)3-1-2-6-20-13(24)11-12(9-4-5-9)27-15(22-11)14-21-7-8-26-14/h7-9,25H,1-6H2,(H,20,24)/b23-10-. The fraction of sp³-hybridized carbons (Fsp3) is 0.500. The van der Waals surface area contributed by atoms with Crippen LogP contribution in [0, 0.1) is 0 Å². The summed E-state index contributed by atoms with van der Waals surface area (Å²) in [5.41, 5.74) is -0.821. The topological polar surface area (TPSA) is 87.5 Å². The third-order valence-electron chi connectivity index (χ3n) is 4.01. The normalized spacial score (nSPS) is 15.1. The van der Waals surface area contributed by atoms with E-state index >= 15 is 0 Å². The Morgan fingerprint density at radius 3 is 2.70 bits per heavy atom. The zero-order chi connectivity index (χ0) is 19.4. The maximum absolute atomic E-state index is 12.5. The number of hydrogen-bond acceptors (Lipinski definition) is 7. The molecule has 2 aromatic heterocycles. The Balaban J connectivity index is 1.54. The van der Waals surface area contributed by atoms with Crippen LogP contribution in [0.1, 0.15) is 53.4 Å². The molecule has 0 unspecified atom stereocenters. The van der Waals surface area contributed by atoms with Gasteiger partial charge in [0.05, 0.1) is 0 Å². The molecule has 0 aliphatic heterocycles. The monoisotopic (exact) mass is 418 g/mol. The van der Waals surface area contributed by atoms with E-state index in [9.17, 15) is 18.0 Å². The lowest BCUT2D eigenvalue weighted by Gasteiger charge is -2.08. The molecule has 0 bridgehead atoms. The molecule has 11 heteroatoms. The van der Waals surface area contributed by atoms with Crippen LogP contribution in [-0.2, 0) is 0 Å². The summed E-state index contributed by atoms with van der Waals surface area (Å²) < 4.78 is 37.4. The van der Waals surface area contributed by atoms with Crippen LogP contribution in [0.25, 0.3) is 10.0 Å². The zero-order valence-corrected chi connectivity index (χ0v) is 15.8. The number of aromatic nitrogens is 2. The second-order valence-electron chi connectivity index (χ2n) is 6.10. The van der Waals surface area contributed by atoms with E-state index in [1.807, 2.05) is 5.38 Å². The van der Waals surface area contributed by atoms with Gasteiger partial charge in [-0.1, -0.05) is 5.16 Å². The largest absolute Gasteiger partial charge is 0.432 e. The van der Waals surface area contributed by atoms with E-state index in [0.717, 1.165) is 22.7 Å². The predicted molar refractivity (Wildman–Crippen MR) is 96.7 cm³/mol. The summed E-state index contributed by atoms with van der Waals surface area (Å²) in [7, 11) is 0. The minimum absolute atomic E-state index is 0.149. The van der Waals surface area contributed by atoms with Gasteiger partial charge in [0.25, 0.3) is 5.91 Å². The summed E-state index contributed by atoms with van der Waals surface area (Å²) >= 11 is 2.93. The Bertz CT molecular complexity index is 814. The van der Waals surface area contributed by atoms with Crippen molar-refractivity contribution in [1.29, 1.82) is 0 Å². The van der Waals surface area contributed by atoms with Gasteiger partial charge in [0.2, 0.25) is 0 Å². The fourth-order valence-corrected chi connectivity index (χ4v) is 4.40. The minimum Gasteiger partial charge on any atom is -0.411 e. The summed E-state index contributed by atoms with van der Waals surface area (Å²) in [6.45, 7) is 0.226. The smallest absolute Gasteiger partial charge is 0.411 e. The van der Waals surface area contributed by atoms with Crippen molar-refractivity contribution in [2.45, 2.75) is 44.2 Å². The number of hydrogen-bond donors (Lipinski definition) is 2. The number of amides is 1. The van der Waals surface area contributed by atoms with Crippen molar-refractivity contribution < 1.29 is 23.2 Å². The summed E-state index contributed by atoms with van der Waals surface area (Å²) in [5.74, 6) is 0.0369. The van der Waals surface area contributed by atoms with E-state index in [1.165, 1.54) is 22.7 Å². The van der Waals surface area contributed by atoms with Crippen molar-refractivity contribution in [3.8, 4) is 10.0 Å². The van der Waals surface area contributed by atoms with Crippen molar-refractivity contribution in [3.05, 3.63) is 22.1 Å². The first-order valence-electron chi connectivity index (χ1n) is 8.37. The molecule has 3 rings (SSSR count). The first-order chi connectivity index (χ1) is 12.9. The van der Waals surface area contributed by atoms with Crippen LogP contribution in [0.4, 0.5) is 13.2 Å². The number of carbonyl (C=O) groups is 1. The van der Waals surface area contributed by atoms with Crippen molar-refractivity contribution in [2.75, 3.05) is 6.54 Å². The zero-order valence-electron chi connectivity index (χ0n) is 14.1. The summed E-state index contributed by atoms with van der Waals surface area (Å²) in [6.07, 6.45) is -0.804. The van der Waals surface area contributed by atoms with Gasteiger partial charge in [0.15, 0.2) is 15.7 Å². The van der Waals surface area contributed by atoms with E-state index in [1.54, 1.807) is 6.20 Å². The molecular formula is C16H17F3N4O2S2. The number of nitrogens with one attached hydrogen (secondary N) is 1. The van der Waals surface area contributed by atoms with Gasteiger partial charge in [0.1, 0.15) is 5.69 Å². The molecule has 2 aromatic rings. The molecule has 2 N–H and O–H groups in total. The second kappa shape index (κ2) is 8.34. The number of oxime groups is 1. The van der Waals surface area contributed by atoms with E-state index in [0.29, 0.717) is 23.0 Å². The second-order valence-corrected chi connectivity index (χ2v) is 8.03. The summed E-state index contributed by atoms with van der Waals surface area (Å²) in [6, 6.07) is 0. The van der Waals surface area contributed by atoms with Crippen LogP contribution in [0.5, 0.6) is 0 Å². The highest BCUT2D eigenvalue weighted by Gasteiger charge is 2.35. The van der Waals surface area contributed by atoms with Crippen LogP contribution in [-0.4, -0.2) is 39.5 Å². The lowest BCUT2D eigenvalue weighted by molar-refractivity contribution is -0.0628. The van der Waals surface area contributed by atoms with Crippen molar-refractivity contribution in [1.82, 2.24) is 15.3 Å². The molecule has 0 saturated heterocycles. The van der Waals surface area contributed by atoms with E-state index in [2.05, 4.69) is 20.4 Å². The third kappa shape index (κ3) is 5.04. The highest BCUT2D eigenvalue weighted by atomic mass is 32.1. The summed E-state index contributed by atoms with van der Waals surface area (Å²) in [4.78, 5) is 22.1. The molecule has 27 heavy (non-hydrogen) atoms. The molecule has 0 spiro atoms. The van der Waals surface area contributed by atoms with Gasteiger partial charge < -0.3 is 10.5 Å². The van der Waals surface area contributed by atoms with Crippen molar-refractivity contribution in [3.63, 3.8) is 0 Å². The SMILES string of the molecule is O=C(NCCCC/C(=N/O)C(F)(F)F)c1nc(-c2nccs2)sc1C1CC1. The Labute approximate surface area is 161 Å². The average molecular weight is 418 g/mol. The number of rotatable bonds is 8. The molecule has 0 aromatic carbocycles. The highest BCUT2D eigenvalue weighted by molar-refractivity contribution is 7.20. The van der Waals surface area contributed by atoms with Crippen LogP contribution >= 0.6 is 22.7 Å². The molecule has 1 amide bonds. The van der Waals surface area contributed by atoms with Gasteiger partial charge in [-0.25, -0.2) is 9.97 Å². The minimum atomic E-state index is -4.63. The third-order valence-corrected chi connectivity index (χ3v) is 6.14. The van der Waals surface area contributed by atoms with Crippen molar-refractivity contribution >= 4 is 34.3 Å². The molecule has 2 heterocycles. The lowest BCUT2D eigenvalue weighted by atomic mass is 10.1. The number of halogens is 3. The number of alkyl halides is 3. The molecule has 1 aliphatic carbocycles. The maximum atomic E-state index is 12.5. The quantitative estimate of drug-likeness (QED) is 0.287. The van der Waals surface area contributed by atoms with E-state index in [4.69, 9.17) is 5.21 Å². The summed E-state index contributed by atoms with van der Waals surface area (Å²) in [5, 5.41) is 16.7. The van der Waals surface area contributed by atoms with Gasteiger partial charge in [-0.05, 0) is 38.0 Å². The first kappa shape index (κ1) is 19.7. The fourth-order valence-electron chi connectivity index (χ4n) is 2.49. The van der Waals surface area contributed by atoms with Crippen LogP contribution in [0.2, 0.25) is 0 Å². The van der Waals surface area contributed by atoms with E-state index < -0.39 is 18.3 Å². The predicted octanol–water partition coefficient (Wildman–Crippen LogP) is 4.44. The van der Waals surface area contributed by atoms with Gasteiger partial charge in [-0.3, -0.25) is 4.79 Å². The van der Waals surface area contributed by atoms with Crippen LogP contribution in [0.15, 0.2) is 16.7 Å².